The smallest absolute Gasteiger partial charge is 0.118 e. The number of anilines is 1. The third-order valence-corrected chi connectivity index (χ3v) is 3.33. The number of rotatable bonds is 6. The maximum Gasteiger partial charge on any atom is 0.118 e. The summed E-state index contributed by atoms with van der Waals surface area (Å²) in [7, 11) is 1.67. The van der Waals surface area contributed by atoms with Crippen molar-refractivity contribution in [2.75, 3.05) is 19.4 Å². The number of nitrogens with two attached hydrogens (primary N) is 1. The number of nitrogen functional groups attached to an aromatic ring is 1. The Morgan fingerprint density at radius 3 is 2.60 bits per heavy atom. The molecule has 0 spiro atoms. The van der Waals surface area contributed by atoms with Crippen LogP contribution in [0.3, 0.4) is 0 Å². The Kier molecular flexibility index (Phi) is 4.96. The van der Waals surface area contributed by atoms with Crippen LogP contribution in [0.25, 0.3) is 0 Å². The van der Waals surface area contributed by atoms with Gasteiger partial charge in [0, 0.05) is 24.1 Å². The Morgan fingerprint density at radius 1 is 1.25 bits per heavy atom. The third kappa shape index (κ3) is 3.48. The number of nitrogens with zero attached hydrogens (tertiary/aromatic N) is 1. The van der Waals surface area contributed by atoms with Gasteiger partial charge in [-0.05, 0) is 42.3 Å². The van der Waals surface area contributed by atoms with Gasteiger partial charge < -0.3 is 15.8 Å². The highest BCUT2D eigenvalue weighted by Gasteiger charge is 2.13. The number of hydrogen-bond donors (Lipinski definition) is 2. The van der Waals surface area contributed by atoms with Crippen LogP contribution in [0.15, 0.2) is 42.7 Å². The van der Waals surface area contributed by atoms with Gasteiger partial charge in [-0.3, -0.25) is 4.98 Å². The molecule has 1 heterocycles. The molecule has 0 saturated carbocycles. The van der Waals surface area contributed by atoms with Crippen LogP contribution in [0.2, 0.25) is 0 Å². The summed E-state index contributed by atoms with van der Waals surface area (Å²) in [5.74, 6) is 0.866. The monoisotopic (exact) mass is 271 g/mol. The minimum Gasteiger partial charge on any atom is -0.497 e. The molecule has 0 saturated heterocycles. The molecule has 20 heavy (non-hydrogen) atoms. The molecule has 2 rings (SSSR count). The number of aromatic nitrogens is 1. The van der Waals surface area contributed by atoms with E-state index in [1.54, 1.807) is 13.3 Å². The molecule has 1 unspecified atom stereocenters. The van der Waals surface area contributed by atoms with Gasteiger partial charge in [-0.2, -0.15) is 0 Å². The molecule has 0 fully saturated rings. The summed E-state index contributed by atoms with van der Waals surface area (Å²) in [6.07, 6.45) is 4.37. The Bertz CT molecular complexity index is 540. The number of ether oxygens (including phenoxy) is 1. The van der Waals surface area contributed by atoms with Crippen molar-refractivity contribution in [2.45, 2.75) is 19.4 Å². The van der Waals surface area contributed by atoms with E-state index in [-0.39, 0.29) is 6.04 Å². The summed E-state index contributed by atoms with van der Waals surface area (Å²) < 4.78 is 5.20. The fraction of sp³-hybridized carbons (Fsp3) is 0.312. The van der Waals surface area contributed by atoms with Crippen molar-refractivity contribution in [1.29, 1.82) is 0 Å². The second-order valence-electron chi connectivity index (χ2n) is 4.66. The lowest BCUT2D eigenvalue weighted by molar-refractivity contribution is 0.414. The lowest BCUT2D eigenvalue weighted by atomic mass is 9.99. The van der Waals surface area contributed by atoms with Crippen molar-refractivity contribution in [3.8, 4) is 5.75 Å². The molecule has 0 aliphatic carbocycles. The zero-order valence-corrected chi connectivity index (χ0v) is 12.0. The van der Waals surface area contributed by atoms with Crippen LogP contribution in [0, 0.1) is 0 Å². The molecule has 3 N–H and O–H groups in total. The van der Waals surface area contributed by atoms with E-state index in [2.05, 4.69) is 29.4 Å². The van der Waals surface area contributed by atoms with E-state index < -0.39 is 0 Å². The quantitative estimate of drug-likeness (QED) is 0.847. The topological polar surface area (TPSA) is 60.2 Å². The Balaban J connectivity index is 2.19. The van der Waals surface area contributed by atoms with Crippen molar-refractivity contribution in [3.05, 3.63) is 53.9 Å². The van der Waals surface area contributed by atoms with Gasteiger partial charge in [0.1, 0.15) is 5.75 Å². The van der Waals surface area contributed by atoms with Gasteiger partial charge in [-0.1, -0.05) is 19.1 Å². The molecule has 2 aromatic rings. The number of likely N-dealkylation sites (N-methyl/N-ethyl adjacent to an activating group) is 1. The van der Waals surface area contributed by atoms with Crippen LogP contribution in [0.5, 0.6) is 5.75 Å². The maximum atomic E-state index is 6.00. The molecule has 1 aromatic carbocycles. The van der Waals surface area contributed by atoms with Crippen LogP contribution in [0.4, 0.5) is 5.69 Å². The van der Waals surface area contributed by atoms with E-state index >= 15 is 0 Å². The summed E-state index contributed by atoms with van der Waals surface area (Å²) in [6, 6.07) is 10.2. The van der Waals surface area contributed by atoms with Gasteiger partial charge in [0.05, 0.1) is 7.11 Å². The molecule has 0 radical (unpaired) electrons. The first-order valence-corrected chi connectivity index (χ1v) is 6.80. The third-order valence-electron chi connectivity index (χ3n) is 3.33. The van der Waals surface area contributed by atoms with Crippen molar-refractivity contribution in [3.63, 3.8) is 0 Å². The summed E-state index contributed by atoms with van der Waals surface area (Å²) in [4.78, 5) is 4.15. The Morgan fingerprint density at radius 2 is 2.00 bits per heavy atom. The first-order chi connectivity index (χ1) is 9.74. The van der Waals surface area contributed by atoms with Crippen LogP contribution in [-0.4, -0.2) is 18.6 Å². The summed E-state index contributed by atoms with van der Waals surface area (Å²) in [5.41, 5.74) is 9.07. The van der Waals surface area contributed by atoms with Crippen molar-refractivity contribution >= 4 is 5.69 Å². The predicted molar refractivity (Wildman–Crippen MR) is 81.8 cm³/mol. The van der Waals surface area contributed by atoms with Crippen LogP contribution in [0.1, 0.15) is 24.1 Å². The number of nitrogens with one attached hydrogen (secondary N) is 1. The van der Waals surface area contributed by atoms with Crippen molar-refractivity contribution in [2.24, 2.45) is 0 Å². The van der Waals surface area contributed by atoms with E-state index in [9.17, 15) is 0 Å². The van der Waals surface area contributed by atoms with Crippen LogP contribution in [-0.2, 0) is 6.42 Å². The predicted octanol–water partition coefficient (Wildman–Crippen LogP) is 2.57. The van der Waals surface area contributed by atoms with Crippen molar-refractivity contribution in [1.82, 2.24) is 10.3 Å². The molecular formula is C16H21N3O. The Hall–Kier alpha value is -2.07. The van der Waals surface area contributed by atoms with E-state index in [4.69, 9.17) is 10.5 Å². The zero-order chi connectivity index (χ0) is 14.4. The fourth-order valence-electron chi connectivity index (χ4n) is 2.22. The van der Waals surface area contributed by atoms with Crippen LogP contribution >= 0.6 is 0 Å². The van der Waals surface area contributed by atoms with Gasteiger partial charge in [0.25, 0.3) is 0 Å². The summed E-state index contributed by atoms with van der Waals surface area (Å²) in [5, 5.41) is 3.49. The van der Waals surface area contributed by atoms with E-state index in [1.807, 2.05) is 24.4 Å². The maximum absolute atomic E-state index is 6.00. The molecule has 1 atom stereocenters. The highest BCUT2D eigenvalue weighted by molar-refractivity contribution is 5.45. The molecule has 0 aliphatic rings. The number of methoxy groups -OCH3 is 1. The van der Waals surface area contributed by atoms with Gasteiger partial charge in [0.15, 0.2) is 0 Å². The Labute approximate surface area is 120 Å². The standard InChI is InChI=1S/C16H21N3O/c1-3-19-16(10-13-11-18-9-8-15(13)17)12-4-6-14(20-2)7-5-12/h4-9,11,16,19H,3,10H2,1-2H3,(H2,17,18). The second kappa shape index (κ2) is 6.91. The first-order valence-electron chi connectivity index (χ1n) is 6.80. The summed E-state index contributed by atoms with van der Waals surface area (Å²) in [6.45, 7) is 3.00. The van der Waals surface area contributed by atoms with Gasteiger partial charge in [-0.25, -0.2) is 0 Å². The second-order valence-corrected chi connectivity index (χ2v) is 4.66. The van der Waals surface area contributed by atoms with Gasteiger partial charge in [0.2, 0.25) is 0 Å². The van der Waals surface area contributed by atoms with Gasteiger partial charge >= 0.3 is 0 Å². The zero-order valence-electron chi connectivity index (χ0n) is 12.0. The normalized spacial score (nSPS) is 12.1. The van der Waals surface area contributed by atoms with Gasteiger partial charge in [-0.15, -0.1) is 0 Å². The van der Waals surface area contributed by atoms with Crippen LogP contribution < -0.4 is 15.8 Å². The minimum absolute atomic E-state index is 0.220. The minimum atomic E-state index is 0.220. The number of hydrogen-bond acceptors (Lipinski definition) is 4. The fourth-order valence-corrected chi connectivity index (χ4v) is 2.22. The first kappa shape index (κ1) is 14.3. The van der Waals surface area contributed by atoms with E-state index in [0.29, 0.717) is 0 Å². The average molecular weight is 271 g/mol. The molecule has 0 amide bonds. The molecule has 0 aliphatic heterocycles. The molecular weight excluding hydrogens is 250 g/mol. The largest absolute Gasteiger partial charge is 0.497 e. The van der Waals surface area contributed by atoms with Crippen molar-refractivity contribution < 1.29 is 4.74 Å². The SMILES string of the molecule is CCNC(Cc1cnccc1N)c1ccc(OC)cc1. The average Bonchev–Trinajstić information content (AvgIpc) is 2.49. The van der Waals surface area contributed by atoms with E-state index in [0.717, 1.165) is 30.0 Å². The van der Waals surface area contributed by atoms with E-state index in [1.165, 1.54) is 5.56 Å². The molecule has 4 heteroatoms. The molecule has 106 valence electrons. The molecule has 0 bridgehead atoms. The molecule has 1 aromatic heterocycles. The summed E-state index contributed by atoms with van der Waals surface area (Å²) >= 11 is 0. The highest BCUT2D eigenvalue weighted by atomic mass is 16.5. The molecule has 4 nitrogen and oxygen atoms in total. The lowest BCUT2D eigenvalue weighted by Gasteiger charge is -2.19. The highest BCUT2D eigenvalue weighted by Crippen LogP contribution is 2.23. The lowest BCUT2D eigenvalue weighted by Crippen LogP contribution is -2.23. The number of benzene rings is 1. The number of pyridine rings is 1.